The predicted octanol–water partition coefficient (Wildman–Crippen LogP) is 0.764. The molecule has 45 heavy (non-hydrogen) atoms. The topological polar surface area (TPSA) is 174 Å². The van der Waals surface area contributed by atoms with E-state index in [0.717, 1.165) is 18.4 Å². The molecule has 4 rings (SSSR count). The van der Waals surface area contributed by atoms with Gasteiger partial charge in [-0.3, -0.25) is 19.2 Å². The van der Waals surface area contributed by atoms with Gasteiger partial charge in [0.25, 0.3) is 5.91 Å². The van der Waals surface area contributed by atoms with Crippen molar-refractivity contribution < 1.29 is 32.4 Å². The third-order valence-electron chi connectivity index (χ3n) is 9.53. The Morgan fingerprint density at radius 2 is 1.62 bits per heavy atom. The monoisotopic (exact) mass is 650 g/mol. The van der Waals surface area contributed by atoms with Gasteiger partial charge in [-0.05, 0) is 29.6 Å². The molecule has 0 aromatic carbocycles. The second-order valence-electron chi connectivity index (χ2n) is 15.2. The van der Waals surface area contributed by atoms with E-state index in [0.29, 0.717) is 19.4 Å². The van der Waals surface area contributed by atoms with Gasteiger partial charge >= 0.3 is 6.03 Å². The lowest BCUT2D eigenvalue weighted by atomic mass is 9.85. The van der Waals surface area contributed by atoms with E-state index >= 15 is 0 Å². The maximum absolute atomic E-state index is 14.2. The average Bonchev–Trinajstić information content (AvgIpc) is 3.78. The number of carbonyl (C=O) groups is 5. The standard InChI is InChI=1S/C31H50N6O7S/c1-17-19-15-37(23(22(17)19)26(39)33-20(14-18-10-11-18)24(38)27(40)32-8)28(41)25(31(5,6)7)35-29(42)34-21(30(2,3)4)16-36-12-9-13-45(36,43)44/h18-23,25H,1,9-16H2,2-8H3,(H,32,40)(H,33,39)(H2,34,35,42)/t19-,20?,21-,22+,23+,25-/m1/s1. The molecule has 0 aromatic rings. The summed E-state index contributed by atoms with van der Waals surface area (Å²) in [5.74, 6) is -2.47. The van der Waals surface area contributed by atoms with Crippen LogP contribution in [0.25, 0.3) is 0 Å². The molecule has 0 radical (unpaired) electrons. The van der Waals surface area contributed by atoms with Gasteiger partial charge in [-0.15, -0.1) is 0 Å². The number of hydrogen-bond donors (Lipinski definition) is 4. The fourth-order valence-corrected chi connectivity index (χ4v) is 7.88. The molecule has 0 aromatic heterocycles. The van der Waals surface area contributed by atoms with Crippen molar-refractivity contribution in [2.75, 3.05) is 32.4 Å². The highest BCUT2D eigenvalue weighted by Crippen LogP contribution is 2.54. The summed E-state index contributed by atoms with van der Waals surface area (Å²) < 4.78 is 26.3. The highest BCUT2D eigenvalue weighted by Gasteiger charge is 2.61. The van der Waals surface area contributed by atoms with Crippen LogP contribution in [0.4, 0.5) is 4.79 Å². The number of sulfonamides is 1. The molecule has 1 unspecified atom stereocenters. The van der Waals surface area contributed by atoms with Crippen LogP contribution in [0.1, 0.15) is 67.2 Å². The van der Waals surface area contributed by atoms with Crippen molar-refractivity contribution in [3.8, 4) is 0 Å². The number of Topliss-reactive ketones (excluding diaryl/α,β-unsaturated/α-hetero) is 1. The van der Waals surface area contributed by atoms with E-state index in [1.165, 1.54) is 16.3 Å². The fourth-order valence-electron chi connectivity index (χ4n) is 6.35. The summed E-state index contributed by atoms with van der Waals surface area (Å²) in [6.07, 6.45) is 2.74. The largest absolute Gasteiger partial charge is 0.353 e. The molecule has 252 valence electrons. The minimum atomic E-state index is -3.38. The van der Waals surface area contributed by atoms with E-state index in [1.807, 2.05) is 41.5 Å². The van der Waals surface area contributed by atoms with Crippen LogP contribution in [-0.4, -0.2) is 104 Å². The number of carbonyl (C=O) groups excluding carboxylic acids is 5. The Hall–Kier alpha value is -3.00. The first-order valence-electron chi connectivity index (χ1n) is 15.9. The molecule has 4 N–H and O–H groups in total. The lowest BCUT2D eigenvalue weighted by Crippen LogP contribution is -2.62. The molecule has 4 aliphatic rings. The summed E-state index contributed by atoms with van der Waals surface area (Å²) in [5.41, 5.74) is -0.378. The molecular formula is C31H50N6O7S. The van der Waals surface area contributed by atoms with E-state index in [-0.39, 0.29) is 36.6 Å². The lowest BCUT2D eigenvalue weighted by molar-refractivity contribution is -0.144. The number of piperidine rings is 1. The second kappa shape index (κ2) is 12.7. The van der Waals surface area contributed by atoms with Crippen molar-refractivity contribution in [3.05, 3.63) is 12.2 Å². The molecule has 13 nitrogen and oxygen atoms in total. The van der Waals surface area contributed by atoms with Gasteiger partial charge in [0.05, 0.1) is 11.8 Å². The second-order valence-corrected chi connectivity index (χ2v) is 17.3. The van der Waals surface area contributed by atoms with Gasteiger partial charge in [0, 0.05) is 44.6 Å². The normalized spacial score (nSPS) is 26.3. The maximum Gasteiger partial charge on any atom is 0.315 e. The molecule has 0 bridgehead atoms. The molecule has 2 aliphatic heterocycles. The molecule has 2 saturated heterocycles. The summed E-state index contributed by atoms with van der Waals surface area (Å²) in [4.78, 5) is 67.8. The third-order valence-corrected chi connectivity index (χ3v) is 11.5. The van der Waals surface area contributed by atoms with Gasteiger partial charge in [0.15, 0.2) is 0 Å². The minimum Gasteiger partial charge on any atom is -0.353 e. The van der Waals surface area contributed by atoms with Gasteiger partial charge in [0.1, 0.15) is 12.1 Å². The summed E-state index contributed by atoms with van der Waals surface area (Å²) in [7, 11) is -2.02. The number of likely N-dealkylation sites (N-methyl/N-ethyl adjacent to an activating group) is 1. The van der Waals surface area contributed by atoms with Crippen molar-refractivity contribution in [1.82, 2.24) is 30.5 Å². The molecular weight excluding hydrogens is 600 g/mol. The Morgan fingerprint density at radius 1 is 0.978 bits per heavy atom. The van der Waals surface area contributed by atoms with Crippen molar-refractivity contribution in [3.63, 3.8) is 0 Å². The number of urea groups is 1. The number of ketones is 1. The average molecular weight is 651 g/mol. The highest BCUT2D eigenvalue weighted by molar-refractivity contribution is 7.89. The van der Waals surface area contributed by atoms with Crippen LogP contribution in [0, 0.1) is 28.6 Å². The first kappa shape index (κ1) is 34.9. The maximum atomic E-state index is 14.2. The number of hydrogen-bond acceptors (Lipinski definition) is 7. The summed E-state index contributed by atoms with van der Waals surface area (Å²) in [6.45, 7) is 16.0. The van der Waals surface area contributed by atoms with Gasteiger partial charge in [-0.2, -0.15) is 4.31 Å². The third kappa shape index (κ3) is 7.87. The molecule has 2 heterocycles. The first-order chi connectivity index (χ1) is 20.8. The van der Waals surface area contributed by atoms with Gasteiger partial charge in [-0.1, -0.05) is 66.5 Å². The van der Waals surface area contributed by atoms with Crippen molar-refractivity contribution in [2.45, 2.75) is 91.4 Å². The molecule has 4 fully saturated rings. The SMILES string of the molecule is C=C1[C@H]2[C@@H]1CN(C(=O)[C@@H](NC(=O)N[C@H](CN1CCCS1(=O)=O)C(C)(C)C)C(C)(C)C)[C@@H]2C(=O)NC(CC1CC1)C(=O)C(=O)NC. The fraction of sp³-hybridized carbons (Fsp3) is 0.774. The van der Waals surface area contributed by atoms with E-state index in [9.17, 15) is 32.4 Å². The molecule has 2 saturated carbocycles. The number of fused-ring (bicyclic) bond motifs is 1. The van der Waals surface area contributed by atoms with Gasteiger partial charge in [0.2, 0.25) is 27.6 Å². The number of nitrogens with one attached hydrogen (secondary N) is 4. The Bertz CT molecular complexity index is 1350. The molecule has 2 aliphatic carbocycles. The van der Waals surface area contributed by atoms with Crippen LogP contribution < -0.4 is 21.3 Å². The van der Waals surface area contributed by atoms with Crippen LogP contribution in [0.15, 0.2) is 12.2 Å². The highest BCUT2D eigenvalue weighted by atomic mass is 32.2. The Kier molecular flexibility index (Phi) is 9.80. The lowest BCUT2D eigenvalue weighted by Gasteiger charge is -2.38. The van der Waals surface area contributed by atoms with Crippen molar-refractivity contribution in [1.29, 1.82) is 0 Å². The first-order valence-corrected chi connectivity index (χ1v) is 17.5. The number of rotatable bonds is 11. The molecule has 6 atom stereocenters. The molecule has 14 heteroatoms. The van der Waals surface area contributed by atoms with Crippen LogP contribution >= 0.6 is 0 Å². The summed E-state index contributed by atoms with van der Waals surface area (Å²) >= 11 is 0. The quantitative estimate of drug-likeness (QED) is 0.189. The van der Waals surface area contributed by atoms with E-state index in [4.69, 9.17) is 0 Å². The zero-order valence-corrected chi connectivity index (χ0v) is 28.4. The Balaban J connectivity index is 1.50. The minimum absolute atomic E-state index is 0.0663. The zero-order chi connectivity index (χ0) is 33.6. The van der Waals surface area contributed by atoms with Crippen molar-refractivity contribution >= 4 is 39.6 Å². The zero-order valence-electron chi connectivity index (χ0n) is 27.6. The van der Waals surface area contributed by atoms with E-state index in [2.05, 4.69) is 27.8 Å². The molecule has 0 spiro atoms. The Morgan fingerprint density at radius 3 is 2.13 bits per heavy atom. The number of nitrogens with zero attached hydrogens (tertiary/aromatic N) is 2. The Labute approximate surface area is 266 Å². The van der Waals surface area contributed by atoms with Gasteiger partial charge in [-0.25, -0.2) is 13.2 Å². The summed E-state index contributed by atoms with van der Waals surface area (Å²) in [5, 5.41) is 10.8. The van der Waals surface area contributed by atoms with E-state index < -0.39 is 74.6 Å². The predicted molar refractivity (Wildman–Crippen MR) is 168 cm³/mol. The van der Waals surface area contributed by atoms with Gasteiger partial charge < -0.3 is 26.2 Å². The number of amides is 5. The van der Waals surface area contributed by atoms with E-state index in [1.54, 1.807) is 0 Å². The number of likely N-dealkylation sites (tertiary alicyclic amines) is 1. The van der Waals surface area contributed by atoms with Crippen LogP contribution in [0.2, 0.25) is 0 Å². The smallest absolute Gasteiger partial charge is 0.315 e. The molecule has 5 amide bonds. The van der Waals surface area contributed by atoms with Crippen LogP contribution in [0.5, 0.6) is 0 Å². The van der Waals surface area contributed by atoms with Crippen molar-refractivity contribution in [2.24, 2.45) is 28.6 Å². The summed E-state index contributed by atoms with van der Waals surface area (Å²) in [6, 6.07) is -4.10. The van der Waals surface area contributed by atoms with Crippen LogP contribution in [-0.2, 0) is 29.2 Å². The van der Waals surface area contributed by atoms with Crippen LogP contribution in [0.3, 0.4) is 0 Å².